The van der Waals surface area contributed by atoms with Crippen LogP contribution in [0.4, 0.5) is 11.4 Å². The van der Waals surface area contributed by atoms with E-state index in [0.29, 0.717) is 0 Å². The Morgan fingerprint density at radius 3 is 1.46 bits per heavy atom. The molecule has 4 nitrogen and oxygen atoms in total. The van der Waals surface area contributed by atoms with Crippen LogP contribution in [-0.2, 0) is 0 Å². The Kier molecular flexibility index (Phi) is 4.87. The van der Waals surface area contributed by atoms with Crippen LogP contribution in [0.25, 0.3) is 11.1 Å². The molecular weight excluding hydrogens is 296 g/mol. The predicted octanol–water partition coefficient (Wildman–Crippen LogP) is 5.21. The average molecular weight is 316 g/mol. The van der Waals surface area contributed by atoms with Gasteiger partial charge in [-0.2, -0.15) is 0 Å². The summed E-state index contributed by atoms with van der Waals surface area (Å²) in [6.45, 7) is 0. The van der Waals surface area contributed by atoms with Crippen LogP contribution in [0.3, 0.4) is 0 Å². The molecule has 0 aliphatic carbocycles. The highest BCUT2D eigenvalue weighted by atomic mass is 15.7. The van der Waals surface area contributed by atoms with Gasteiger partial charge < -0.3 is 0 Å². The van der Waals surface area contributed by atoms with Gasteiger partial charge in [0.1, 0.15) is 0 Å². The normalized spacial score (nSPS) is 10.8. The molecule has 0 heterocycles. The lowest BCUT2D eigenvalue weighted by molar-refractivity contribution is 0.818. The highest BCUT2D eigenvalue weighted by molar-refractivity contribution is 5.66. The van der Waals surface area contributed by atoms with Crippen LogP contribution >= 0.6 is 0 Å². The first-order chi connectivity index (χ1) is 11.7. The average Bonchev–Trinajstić information content (AvgIpc) is 2.67. The summed E-state index contributed by atoms with van der Waals surface area (Å²) in [5, 5.41) is 12.0. The molecule has 0 N–H and O–H groups in total. The molecule has 0 saturated carbocycles. The van der Waals surface area contributed by atoms with Crippen LogP contribution in [0.1, 0.15) is 0 Å². The zero-order chi connectivity index (χ0) is 16.8. The van der Waals surface area contributed by atoms with E-state index < -0.39 is 0 Å². The van der Waals surface area contributed by atoms with E-state index in [0.717, 1.165) is 11.4 Å². The Labute approximate surface area is 142 Å². The largest absolute Gasteiger partial charge is 0.249 e. The Morgan fingerprint density at radius 1 is 0.500 bits per heavy atom. The molecule has 120 valence electrons. The number of para-hydroxylation sites is 1. The molecule has 4 heteroatoms. The van der Waals surface area contributed by atoms with Crippen molar-refractivity contribution in [2.24, 2.45) is 10.4 Å². The first kappa shape index (κ1) is 15.7. The number of hydrogen-bond donors (Lipinski definition) is 0. The summed E-state index contributed by atoms with van der Waals surface area (Å²) in [6, 6.07) is 28.5. The standard InChI is InChI=1S/C20H20N4/c1-23(19-11-7-4-8-12-19)21-22-24(2)20-15-13-18(14-16-20)17-9-5-3-6-10-17/h3-16H,1-2H3. The van der Waals surface area contributed by atoms with Gasteiger partial charge in [-0.1, -0.05) is 60.7 Å². The van der Waals surface area contributed by atoms with Crippen molar-refractivity contribution in [3.8, 4) is 11.1 Å². The van der Waals surface area contributed by atoms with E-state index in [4.69, 9.17) is 0 Å². The van der Waals surface area contributed by atoms with Crippen molar-refractivity contribution < 1.29 is 0 Å². The zero-order valence-electron chi connectivity index (χ0n) is 13.9. The second-order valence-electron chi connectivity index (χ2n) is 5.47. The van der Waals surface area contributed by atoms with Gasteiger partial charge in [0, 0.05) is 14.1 Å². The molecule has 0 spiro atoms. The van der Waals surface area contributed by atoms with Crippen molar-refractivity contribution in [2.75, 3.05) is 24.1 Å². The van der Waals surface area contributed by atoms with Gasteiger partial charge >= 0.3 is 0 Å². The van der Waals surface area contributed by atoms with Gasteiger partial charge in [0.15, 0.2) is 0 Å². The molecule has 0 fully saturated rings. The van der Waals surface area contributed by atoms with Crippen LogP contribution < -0.4 is 10.0 Å². The first-order valence-electron chi connectivity index (χ1n) is 7.83. The molecule has 0 aliphatic heterocycles. The van der Waals surface area contributed by atoms with E-state index in [1.165, 1.54) is 11.1 Å². The molecule has 3 rings (SSSR count). The van der Waals surface area contributed by atoms with Crippen LogP contribution in [-0.4, -0.2) is 14.1 Å². The summed E-state index contributed by atoms with van der Waals surface area (Å²) in [5.74, 6) is 0. The fourth-order valence-corrected chi connectivity index (χ4v) is 2.37. The Morgan fingerprint density at radius 2 is 0.917 bits per heavy atom. The quantitative estimate of drug-likeness (QED) is 0.478. The molecule has 0 saturated heterocycles. The lowest BCUT2D eigenvalue weighted by Gasteiger charge is -2.15. The zero-order valence-corrected chi connectivity index (χ0v) is 13.9. The fraction of sp³-hybridized carbons (Fsp3) is 0.100. The number of anilines is 2. The summed E-state index contributed by atoms with van der Waals surface area (Å²) in [4.78, 5) is 0. The third-order valence-corrected chi connectivity index (χ3v) is 3.79. The molecule has 0 radical (unpaired) electrons. The van der Waals surface area contributed by atoms with Gasteiger partial charge in [0.25, 0.3) is 0 Å². The molecule has 0 aromatic heterocycles. The maximum absolute atomic E-state index is 4.26. The summed E-state index contributed by atoms with van der Waals surface area (Å²) in [7, 11) is 3.77. The molecular formula is C20H20N4. The van der Waals surface area contributed by atoms with Crippen molar-refractivity contribution in [3.63, 3.8) is 0 Å². The van der Waals surface area contributed by atoms with Crippen molar-refractivity contribution in [2.45, 2.75) is 0 Å². The highest BCUT2D eigenvalue weighted by Gasteiger charge is 2.02. The van der Waals surface area contributed by atoms with Crippen LogP contribution in [0.5, 0.6) is 0 Å². The Bertz CT molecular complexity index is 783. The van der Waals surface area contributed by atoms with Crippen LogP contribution in [0, 0.1) is 0 Å². The van der Waals surface area contributed by atoms with E-state index in [-0.39, 0.29) is 0 Å². The number of nitrogens with zero attached hydrogens (tertiary/aromatic N) is 4. The van der Waals surface area contributed by atoms with Gasteiger partial charge in [-0.3, -0.25) is 0 Å². The van der Waals surface area contributed by atoms with Crippen molar-refractivity contribution in [1.82, 2.24) is 0 Å². The van der Waals surface area contributed by atoms with Gasteiger partial charge in [0.05, 0.1) is 11.4 Å². The fourth-order valence-electron chi connectivity index (χ4n) is 2.37. The van der Waals surface area contributed by atoms with Crippen LogP contribution in [0.2, 0.25) is 0 Å². The Balaban J connectivity index is 1.69. The van der Waals surface area contributed by atoms with E-state index in [2.05, 4.69) is 34.7 Å². The molecule has 0 aliphatic rings. The molecule has 3 aromatic rings. The summed E-state index contributed by atoms with van der Waals surface area (Å²) in [6.07, 6.45) is 0. The number of rotatable bonds is 5. The third kappa shape index (κ3) is 3.79. The predicted molar refractivity (Wildman–Crippen MR) is 100.0 cm³/mol. The summed E-state index contributed by atoms with van der Waals surface area (Å²) in [5.41, 5.74) is 4.37. The lowest BCUT2D eigenvalue weighted by Crippen LogP contribution is -2.12. The summed E-state index contributed by atoms with van der Waals surface area (Å²) >= 11 is 0. The SMILES string of the molecule is CN(N=NN(C)c1ccc(-c2ccccc2)cc1)c1ccccc1. The minimum atomic E-state index is 0.986. The van der Waals surface area contributed by atoms with E-state index in [9.17, 15) is 0 Å². The van der Waals surface area contributed by atoms with Gasteiger partial charge in [-0.15, -0.1) is 0 Å². The summed E-state index contributed by atoms with van der Waals surface area (Å²) < 4.78 is 0. The highest BCUT2D eigenvalue weighted by Crippen LogP contribution is 2.23. The third-order valence-electron chi connectivity index (χ3n) is 3.79. The van der Waals surface area contributed by atoms with E-state index in [1.54, 1.807) is 10.0 Å². The van der Waals surface area contributed by atoms with E-state index >= 15 is 0 Å². The molecule has 0 unspecified atom stereocenters. The van der Waals surface area contributed by atoms with Crippen molar-refractivity contribution >= 4 is 11.4 Å². The Hall–Kier alpha value is -3.14. The maximum atomic E-state index is 4.26. The molecule has 0 amide bonds. The van der Waals surface area contributed by atoms with Crippen molar-refractivity contribution in [1.29, 1.82) is 0 Å². The van der Waals surface area contributed by atoms with Gasteiger partial charge in [-0.25, -0.2) is 10.0 Å². The molecule has 0 bridgehead atoms. The smallest absolute Gasteiger partial charge is 0.0608 e. The second-order valence-corrected chi connectivity index (χ2v) is 5.47. The first-order valence-corrected chi connectivity index (χ1v) is 7.83. The van der Waals surface area contributed by atoms with Gasteiger partial charge in [0.2, 0.25) is 0 Å². The minimum absolute atomic E-state index is 0.986. The lowest BCUT2D eigenvalue weighted by atomic mass is 10.1. The minimum Gasteiger partial charge on any atom is -0.249 e. The molecule has 0 atom stereocenters. The van der Waals surface area contributed by atoms with E-state index in [1.807, 2.05) is 74.8 Å². The second kappa shape index (κ2) is 7.42. The van der Waals surface area contributed by atoms with Crippen LogP contribution in [0.15, 0.2) is 95.4 Å². The number of hydrogen-bond acceptors (Lipinski definition) is 2. The monoisotopic (exact) mass is 316 g/mol. The van der Waals surface area contributed by atoms with Gasteiger partial charge in [-0.05, 0) is 45.8 Å². The topological polar surface area (TPSA) is 31.2 Å². The molecule has 3 aromatic carbocycles. The maximum Gasteiger partial charge on any atom is 0.0608 e. The number of benzene rings is 3. The van der Waals surface area contributed by atoms with Crippen molar-refractivity contribution in [3.05, 3.63) is 84.9 Å². The molecule has 24 heavy (non-hydrogen) atoms.